The Morgan fingerprint density at radius 2 is 1.24 bits per heavy atom. The third-order valence-electron chi connectivity index (χ3n) is 7.04. The lowest BCUT2D eigenvalue weighted by Gasteiger charge is -2.10. The van der Waals surface area contributed by atoms with Crippen molar-refractivity contribution in [2.45, 2.75) is 13.8 Å². The topological polar surface area (TPSA) is 25.5 Å². The first-order valence-electron chi connectivity index (χ1n) is 12.4. The van der Waals surface area contributed by atoms with Gasteiger partial charge in [0.15, 0.2) is 5.76 Å². The normalized spacial score (nSPS) is 11.9. The molecule has 37 heavy (non-hydrogen) atoms. The lowest BCUT2D eigenvalue weighted by atomic mass is 9.98. The molecule has 2 heteroatoms. The molecule has 2 nitrogen and oxygen atoms in total. The van der Waals surface area contributed by atoms with Gasteiger partial charge in [0.1, 0.15) is 11.3 Å². The highest BCUT2D eigenvalue weighted by molar-refractivity contribution is 6.16. The zero-order valence-corrected chi connectivity index (χ0v) is 21.1. The van der Waals surface area contributed by atoms with Crippen LogP contribution in [-0.4, -0.2) is 5.71 Å². The number of allylic oxidation sites excluding steroid dienone is 1. The average molecular weight is 478 g/mol. The molecule has 5 aromatic carbocycles. The highest BCUT2D eigenvalue weighted by atomic mass is 16.3. The predicted octanol–water partition coefficient (Wildman–Crippen LogP) is 9.59. The van der Waals surface area contributed by atoms with Gasteiger partial charge in [0.25, 0.3) is 0 Å². The van der Waals surface area contributed by atoms with Crippen molar-refractivity contribution in [2.24, 2.45) is 4.99 Å². The molecule has 6 rings (SSSR count). The zero-order valence-electron chi connectivity index (χ0n) is 21.1. The van der Waals surface area contributed by atoms with Crippen LogP contribution >= 0.6 is 0 Å². The number of hydrogen-bond donors (Lipinski definition) is 0. The Balaban J connectivity index is 1.52. The first-order valence-corrected chi connectivity index (χ1v) is 12.4. The number of benzene rings is 5. The van der Waals surface area contributed by atoms with Gasteiger partial charge in [0.05, 0.1) is 5.70 Å². The van der Waals surface area contributed by atoms with Crippen LogP contribution in [0, 0.1) is 6.92 Å². The smallest absolute Gasteiger partial charge is 0.157 e. The van der Waals surface area contributed by atoms with E-state index in [0.717, 1.165) is 50.3 Å². The van der Waals surface area contributed by atoms with E-state index < -0.39 is 0 Å². The molecule has 0 spiro atoms. The quantitative estimate of drug-likeness (QED) is 0.179. The highest BCUT2D eigenvalue weighted by Gasteiger charge is 2.18. The molecule has 0 saturated heterocycles. The molecule has 0 aliphatic rings. The van der Waals surface area contributed by atoms with E-state index in [2.05, 4.69) is 105 Å². The molecular weight excluding hydrogens is 450 g/mol. The maximum absolute atomic E-state index is 6.37. The average Bonchev–Trinajstić information content (AvgIpc) is 3.27. The summed E-state index contributed by atoms with van der Waals surface area (Å²) in [6.07, 6.45) is 0. The Morgan fingerprint density at radius 3 is 1.97 bits per heavy atom. The van der Waals surface area contributed by atoms with Crippen molar-refractivity contribution in [3.05, 3.63) is 144 Å². The minimum absolute atomic E-state index is 0.689. The summed E-state index contributed by atoms with van der Waals surface area (Å²) >= 11 is 0. The molecule has 0 aliphatic heterocycles. The fraction of sp³-hybridized carbons (Fsp3) is 0.0571. The zero-order chi connectivity index (χ0) is 25.5. The summed E-state index contributed by atoms with van der Waals surface area (Å²) < 4.78 is 6.37. The second-order valence-electron chi connectivity index (χ2n) is 9.54. The summed E-state index contributed by atoms with van der Waals surface area (Å²) in [5.41, 5.74) is 7.45. The molecule has 0 amide bonds. The lowest BCUT2D eigenvalue weighted by Crippen LogP contribution is -2.04. The highest BCUT2D eigenvalue weighted by Crippen LogP contribution is 2.31. The molecule has 1 heterocycles. The number of furan rings is 1. The van der Waals surface area contributed by atoms with E-state index in [0.29, 0.717) is 5.70 Å². The molecule has 178 valence electrons. The largest absolute Gasteiger partial charge is 0.454 e. The Bertz CT molecular complexity index is 1870. The van der Waals surface area contributed by atoms with E-state index in [1.165, 1.54) is 21.5 Å². The summed E-state index contributed by atoms with van der Waals surface area (Å²) in [5, 5.41) is 5.92. The van der Waals surface area contributed by atoms with Crippen molar-refractivity contribution >= 4 is 49.5 Å². The number of fused-ring (bicyclic) bond motifs is 4. The molecule has 0 bridgehead atoms. The van der Waals surface area contributed by atoms with E-state index in [-0.39, 0.29) is 0 Å². The maximum Gasteiger partial charge on any atom is 0.157 e. The first-order chi connectivity index (χ1) is 18.0. The predicted molar refractivity (Wildman–Crippen MR) is 158 cm³/mol. The van der Waals surface area contributed by atoms with Crippen LogP contribution in [0.15, 0.2) is 126 Å². The minimum Gasteiger partial charge on any atom is -0.454 e. The first kappa shape index (κ1) is 22.8. The summed E-state index contributed by atoms with van der Waals surface area (Å²) in [6, 6.07) is 35.7. The van der Waals surface area contributed by atoms with Crippen LogP contribution in [0.25, 0.3) is 43.8 Å². The van der Waals surface area contributed by atoms with Crippen LogP contribution in [0.1, 0.15) is 34.9 Å². The summed E-state index contributed by atoms with van der Waals surface area (Å²) in [4.78, 5) is 5.11. The van der Waals surface area contributed by atoms with Crippen molar-refractivity contribution < 1.29 is 4.42 Å². The second-order valence-corrected chi connectivity index (χ2v) is 9.54. The van der Waals surface area contributed by atoms with Crippen molar-refractivity contribution in [2.75, 3.05) is 0 Å². The van der Waals surface area contributed by atoms with E-state index in [9.17, 15) is 0 Å². The SMILES string of the molecule is C=C(C)c1ccc(C(=NC(=C)c2ccc3ccc4ccccc4c3c2)c2oc3ccccc3c2C)cc1. The van der Waals surface area contributed by atoms with Crippen LogP contribution in [0.2, 0.25) is 0 Å². The van der Waals surface area contributed by atoms with Crippen LogP contribution in [0.4, 0.5) is 0 Å². The van der Waals surface area contributed by atoms with Gasteiger partial charge in [-0.25, -0.2) is 4.99 Å². The summed E-state index contributed by atoms with van der Waals surface area (Å²) in [5.74, 6) is 0.761. The lowest BCUT2D eigenvalue weighted by molar-refractivity contribution is 0.602. The van der Waals surface area contributed by atoms with E-state index in [4.69, 9.17) is 9.41 Å². The molecule has 0 fully saturated rings. The molecular formula is C35H27NO. The molecule has 0 atom stereocenters. The molecule has 1 aromatic heterocycles. The van der Waals surface area contributed by atoms with Gasteiger partial charge in [0.2, 0.25) is 0 Å². The van der Waals surface area contributed by atoms with Gasteiger partial charge in [0, 0.05) is 22.1 Å². The van der Waals surface area contributed by atoms with Gasteiger partial charge >= 0.3 is 0 Å². The van der Waals surface area contributed by atoms with E-state index in [1.807, 2.05) is 25.1 Å². The van der Waals surface area contributed by atoms with Crippen molar-refractivity contribution in [1.29, 1.82) is 0 Å². The third-order valence-corrected chi connectivity index (χ3v) is 7.04. The Hall–Kier alpha value is -4.69. The number of para-hydroxylation sites is 1. The third kappa shape index (κ3) is 4.07. The fourth-order valence-corrected chi connectivity index (χ4v) is 4.94. The Labute approximate surface area is 216 Å². The molecule has 0 saturated carbocycles. The molecule has 0 aliphatic carbocycles. The number of nitrogens with zero attached hydrogens (tertiary/aromatic N) is 1. The minimum atomic E-state index is 0.689. The van der Waals surface area contributed by atoms with Crippen LogP contribution in [0.3, 0.4) is 0 Å². The Kier molecular flexibility index (Phi) is 5.58. The van der Waals surface area contributed by atoms with Gasteiger partial charge < -0.3 is 4.42 Å². The van der Waals surface area contributed by atoms with Crippen molar-refractivity contribution in [3.63, 3.8) is 0 Å². The second kappa shape index (κ2) is 9.07. The summed E-state index contributed by atoms with van der Waals surface area (Å²) in [6.45, 7) is 12.6. The van der Waals surface area contributed by atoms with Gasteiger partial charge in [-0.3, -0.25) is 0 Å². The van der Waals surface area contributed by atoms with Gasteiger partial charge in [-0.05, 0) is 53.1 Å². The van der Waals surface area contributed by atoms with Crippen LogP contribution in [-0.2, 0) is 0 Å². The molecule has 0 radical (unpaired) electrons. The van der Waals surface area contributed by atoms with Gasteiger partial charge in [-0.2, -0.15) is 0 Å². The number of rotatable bonds is 5. The monoisotopic (exact) mass is 477 g/mol. The van der Waals surface area contributed by atoms with Gasteiger partial charge in [-0.15, -0.1) is 0 Å². The Morgan fingerprint density at radius 1 is 0.649 bits per heavy atom. The van der Waals surface area contributed by atoms with Crippen molar-refractivity contribution in [3.8, 4) is 0 Å². The van der Waals surface area contributed by atoms with E-state index >= 15 is 0 Å². The maximum atomic E-state index is 6.37. The molecule has 6 aromatic rings. The molecule has 0 unspecified atom stereocenters. The van der Waals surface area contributed by atoms with Crippen molar-refractivity contribution in [1.82, 2.24) is 0 Å². The van der Waals surface area contributed by atoms with Crippen LogP contribution < -0.4 is 0 Å². The van der Waals surface area contributed by atoms with Crippen LogP contribution in [0.5, 0.6) is 0 Å². The summed E-state index contributed by atoms with van der Waals surface area (Å²) in [7, 11) is 0. The fourth-order valence-electron chi connectivity index (χ4n) is 4.94. The number of hydrogen-bond acceptors (Lipinski definition) is 2. The number of aliphatic imine (C=N–C) groups is 1. The van der Waals surface area contributed by atoms with E-state index in [1.54, 1.807) is 0 Å². The van der Waals surface area contributed by atoms with Gasteiger partial charge in [-0.1, -0.05) is 110 Å². The number of aryl methyl sites for hydroxylation is 1. The standard InChI is InChI=1S/C35H27NO/c1-22(2)25-13-18-28(19-14-25)34(35-23(3)30-10-7-8-12-33(30)37-35)36-24(4)29-20-17-27-16-15-26-9-5-6-11-31(26)32(27)21-29/h5-21H,1,4H2,2-3H3. The molecule has 0 N–H and O–H groups in total.